The van der Waals surface area contributed by atoms with Crippen molar-refractivity contribution in [3.63, 3.8) is 0 Å². The van der Waals surface area contributed by atoms with Crippen molar-refractivity contribution in [3.05, 3.63) is 30.3 Å². The minimum Gasteiger partial charge on any atom is -0.235 e. The van der Waals surface area contributed by atoms with Gasteiger partial charge in [-0.2, -0.15) is 0 Å². The molecule has 0 fully saturated rings. The summed E-state index contributed by atoms with van der Waals surface area (Å²) in [5.41, 5.74) is 0. The Bertz CT molecular complexity index is 393. The van der Waals surface area contributed by atoms with E-state index in [4.69, 9.17) is 0 Å². The molecule has 1 rings (SSSR count). The second-order valence-electron chi connectivity index (χ2n) is 3.72. The van der Waals surface area contributed by atoms with Crippen LogP contribution in [0, 0.1) is 0 Å². The molecule has 77 valence electrons. The van der Waals surface area contributed by atoms with Gasteiger partial charge in [0.2, 0.25) is 0 Å². The van der Waals surface area contributed by atoms with Gasteiger partial charge >= 0.3 is 0 Å². The quantitative estimate of drug-likeness (QED) is 0.766. The van der Waals surface area contributed by atoms with Gasteiger partial charge in [-0.1, -0.05) is 18.2 Å². The summed E-state index contributed by atoms with van der Waals surface area (Å²) in [7, 11) is -3.50. The summed E-state index contributed by atoms with van der Waals surface area (Å²) in [6.07, 6.45) is 0. The van der Waals surface area contributed by atoms with Crippen LogP contribution < -0.4 is 0 Å². The summed E-state index contributed by atoms with van der Waals surface area (Å²) < 4.78 is 22.5. The van der Waals surface area contributed by atoms with Crippen molar-refractivity contribution in [2.45, 2.75) is 23.5 Å². The lowest BCUT2D eigenvalue weighted by atomic mass is 10.2. The first-order valence-electron chi connectivity index (χ1n) is 4.29. The Hall–Kier alpha value is -0.870. The van der Waals surface area contributed by atoms with E-state index >= 15 is 0 Å². The van der Waals surface area contributed by atoms with Crippen LogP contribution in [0.3, 0.4) is 0 Å². The Morgan fingerprint density at radius 1 is 1.14 bits per heavy atom. The minimum atomic E-state index is -3.50. The first kappa shape index (κ1) is 11.2. The average Bonchev–Trinajstić information content (AvgIpc) is 2.19. The van der Waals surface area contributed by atoms with Crippen LogP contribution in [0.15, 0.2) is 35.2 Å². The fourth-order valence-electron chi connectivity index (χ4n) is 0.996. The Kier molecular flexibility index (Phi) is 2.97. The van der Waals surface area contributed by atoms with E-state index < -0.39 is 21.2 Å². The second kappa shape index (κ2) is 3.71. The van der Waals surface area contributed by atoms with Crippen LogP contribution in [-0.2, 0) is 14.9 Å². The van der Waals surface area contributed by atoms with E-state index in [1.54, 1.807) is 18.2 Å². The van der Waals surface area contributed by atoms with Gasteiger partial charge in [-0.3, -0.25) is 0 Å². The lowest BCUT2D eigenvalue weighted by molar-refractivity contribution is 0.167. The van der Waals surface area contributed by atoms with E-state index in [0.29, 0.717) is 0 Å². The van der Waals surface area contributed by atoms with Crippen LogP contribution in [0.4, 0.5) is 0 Å². The normalized spacial score (nSPS) is 12.8. The van der Waals surface area contributed by atoms with Crippen LogP contribution in [-0.4, -0.2) is 19.8 Å². The lowest BCUT2D eigenvalue weighted by Gasteiger charge is -2.20. The lowest BCUT2D eigenvalue weighted by Crippen LogP contribution is -2.35. The predicted octanol–water partition coefficient (Wildman–Crippen LogP) is 1.67. The average molecular weight is 213 g/mol. The van der Waals surface area contributed by atoms with E-state index in [2.05, 4.69) is 0 Å². The molecule has 0 bridgehead atoms. The van der Waals surface area contributed by atoms with Gasteiger partial charge in [0.05, 0.1) is 9.64 Å². The van der Waals surface area contributed by atoms with Crippen molar-refractivity contribution in [1.29, 1.82) is 0 Å². The van der Waals surface area contributed by atoms with Crippen molar-refractivity contribution in [2.24, 2.45) is 0 Å². The molecule has 0 saturated heterocycles. The molecule has 4 heteroatoms. The fourth-order valence-corrected chi connectivity index (χ4v) is 2.30. The molecule has 1 aromatic rings. The molecule has 14 heavy (non-hydrogen) atoms. The molecule has 0 aliphatic heterocycles. The highest BCUT2D eigenvalue weighted by molar-refractivity contribution is 7.92. The molecule has 0 saturated carbocycles. The standard InChI is InChI=1S/C10H13O3S/c1-10(2,8-11)14(12,13)9-6-4-3-5-7-9/h3-7H,8H2,1-2H3. The van der Waals surface area contributed by atoms with E-state index in [-0.39, 0.29) is 4.90 Å². The molecule has 0 unspecified atom stereocenters. The first-order valence-corrected chi connectivity index (χ1v) is 5.78. The van der Waals surface area contributed by atoms with Crippen molar-refractivity contribution in [2.75, 3.05) is 6.61 Å². The van der Waals surface area contributed by atoms with Gasteiger partial charge in [-0.05, 0) is 26.0 Å². The zero-order valence-electron chi connectivity index (χ0n) is 8.23. The molecule has 0 aromatic heterocycles. The number of hydrogen-bond donors (Lipinski definition) is 0. The maximum atomic E-state index is 11.9. The van der Waals surface area contributed by atoms with Crippen molar-refractivity contribution >= 4 is 9.84 Å². The third-order valence-electron chi connectivity index (χ3n) is 2.13. The highest BCUT2D eigenvalue weighted by atomic mass is 32.2. The first-order chi connectivity index (χ1) is 6.42. The number of rotatable bonds is 3. The SMILES string of the molecule is CC(C)(C[O])S(=O)(=O)c1ccccc1. The van der Waals surface area contributed by atoms with Gasteiger partial charge in [0, 0.05) is 0 Å². The van der Waals surface area contributed by atoms with Crippen LogP contribution in [0.1, 0.15) is 13.8 Å². The van der Waals surface area contributed by atoms with Gasteiger partial charge < -0.3 is 0 Å². The van der Waals surface area contributed by atoms with E-state index in [0.717, 1.165) is 0 Å². The maximum absolute atomic E-state index is 11.9. The van der Waals surface area contributed by atoms with Crippen molar-refractivity contribution in [1.82, 2.24) is 0 Å². The summed E-state index contributed by atoms with van der Waals surface area (Å²) in [6, 6.07) is 8.05. The molecule has 0 aliphatic rings. The molecular weight excluding hydrogens is 200 g/mol. The Labute approximate surface area is 84.3 Å². The summed E-state index contributed by atoms with van der Waals surface area (Å²) in [6.45, 7) is 2.26. The predicted molar refractivity (Wildman–Crippen MR) is 53.3 cm³/mol. The highest BCUT2D eigenvalue weighted by Gasteiger charge is 2.35. The largest absolute Gasteiger partial charge is 0.235 e. The van der Waals surface area contributed by atoms with E-state index in [1.165, 1.54) is 26.0 Å². The molecular formula is C10H13O3S. The molecule has 3 nitrogen and oxygen atoms in total. The van der Waals surface area contributed by atoms with E-state index in [1.807, 2.05) is 0 Å². The third kappa shape index (κ3) is 1.81. The molecule has 1 radical (unpaired) electrons. The minimum absolute atomic E-state index is 0.209. The molecule has 0 N–H and O–H groups in total. The number of sulfone groups is 1. The van der Waals surface area contributed by atoms with Crippen LogP contribution >= 0.6 is 0 Å². The van der Waals surface area contributed by atoms with Gasteiger partial charge in [0.1, 0.15) is 6.61 Å². The Morgan fingerprint density at radius 2 is 1.64 bits per heavy atom. The number of hydrogen-bond acceptors (Lipinski definition) is 2. The van der Waals surface area contributed by atoms with Gasteiger partial charge in [-0.15, -0.1) is 0 Å². The summed E-state index contributed by atoms with van der Waals surface area (Å²) >= 11 is 0. The topological polar surface area (TPSA) is 54.0 Å². The van der Waals surface area contributed by atoms with Crippen LogP contribution in [0.2, 0.25) is 0 Å². The number of benzene rings is 1. The van der Waals surface area contributed by atoms with E-state index in [9.17, 15) is 13.5 Å². The molecule has 0 spiro atoms. The van der Waals surface area contributed by atoms with Crippen molar-refractivity contribution in [3.8, 4) is 0 Å². The van der Waals surface area contributed by atoms with Gasteiger partial charge in [0.15, 0.2) is 9.84 Å². The third-order valence-corrected chi connectivity index (χ3v) is 4.59. The fraction of sp³-hybridized carbons (Fsp3) is 0.400. The van der Waals surface area contributed by atoms with Crippen molar-refractivity contribution < 1.29 is 13.5 Å². The molecule has 0 heterocycles. The Balaban J connectivity index is 3.23. The second-order valence-corrected chi connectivity index (χ2v) is 6.30. The maximum Gasteiger partial charge on any atom is 0.185 e. The van der Waals surface area contributed by atoms with Crippen LogP contribution in [0.5, 0.6) is 0 Å². The molecule has 0 amide bonds. The van der Waals surface area contributed by atoms with Crippen LogP contribution in [0.25, 0.3) is 0 Å². The zero-order chi connectivity index (χ0) is 10.8. The molecule has 0 atom stereocenters. The summed E-state index contributed by atoms with van der Waals surface area (Å²) in [5, 5.41) is 10.8. The smallest absolute Gasteiger partial charge is 0.185 e. The highest BCUT2D eigenvalue weighted by Crippen LogP contribution is 2.24. The Morgan fingerprint density at radius 3 is 2.07 bits per heavy atom. The molecule has 1 aromatic carbocycles. The summed E-state index contributed by atoms with van der Waals surface area (Å²) in [4.78, 5) is 0.209. The zero-order valence-corrected chi connectivity index (χ0v) is 9.04. The summed E-state index contributed by atoms with van der Waals surface area (Å²) in [5.74, 6) is 0. The monoisotopic (exact) mass is 213 g/mol. The van der Waals surface area contributed by atoms with Gasteiger partial charge in [-0.25, -0.2) is 13.5 Å². The van der Waals surface area contributed by atoms with Gasteiger partial charge in [0.25, 0.3) is 0 Å². The molecule has 0 aliphatic carbocycles.